The summed E-state index contributed by atoms with van der Waals surface area (Å²) in [5.74, 6) is 2.11. The van der Waals surface area contributed by atoms with Gasteiger partial charge in [-0.2, -0.15) is 5.10 Å². The highest BCUT2D eigenvalue weighted by molar-refractivity contribution is 5.83. The zero-order chi connectivity index (χ0) is 16.7. The zero-order valence-corrected chi connectivity index (χ0v) is 14.0. The van der Waals surface area contributed by atoms with Crippen LogP contribution in [0, 0.1) is 19.8 Å². The minimum atomic E-state index is -0.233. The van der Waals surface area contributed by atoms with Gasteiger partial charge in [-0.25, -0.2) is 4.98 Å². The highest BCUT2D eigenvalue weighted by Crippen LogP contribution is 2.48. The van der Waals surface area contributed by atoms with Gasteiger partial charge in [0.15, 0.2) is 5.82 Å². The first-order valence-corrected chi connectivity index (χ1v) is 8.47. The maximum Gasteiger partial charge on any atom is 0.226 e. The van der Waals surface area contributed by atoms with Crippen molar-refractivity contribution in [2.45, 2.75) is 32.3 Å². The number of aryl methyl sites for hydroxylation is 2. The number of H-pyrrole nitrogens is 1. The molecule has 1 aliphatic heterocycles. The molecule has 6 heteroatoms. The predicted octanol–water partition coefficient (Wildman–Crippen LogP) is 2.13. The Bertz CT molecular complexity index is 757. The standard InChI is InChI=1S/C18H22N4O2/c1-11-4-3-5-13(8-11)14-9-15(14)18(23)22-6-7-24-16(10-22)17-19-12(2)20-21-17/h3-5,8,14-16H,6-7,9-10H2,1-2H3,(H,19,20,21)/t14-,15-,16+/m0/s1. The fourth-order valence-electron chi connectivity index (χ4n) is 3.48. The molecular weight excluding hydrogens is 304 g/mol. The number of benzene rings is 1. The summed E-state index contributed by atoms with van der Waals surface area (Å²) in [5, 5.41) is 7.00. The molecule has 1 aromatic carbocycles. The van der Waals surface area contributed by atoms with Gasteiger partial charge in [-0.1, -0.05) is 29.8 Å². The van der Waals surface area contributed by atoms with Crippen LogP contribution in [0.5, 0.6) is 0 Å². The number of carbonyl (C=O) groups is 1. The first-order valence-electron chi connectivity index (χ1n) is 8.47. The number of amides is 1. The van der Waals surface area contributed by atoms with E-state index in [1.807, 2.05) is 11.8 Å². The Hall–Kier alpha value is -2.21. The van der Waals surface area contributed by atoms with Gasteiger partial charge < -0.3 is 9.64 Å². The van der Waals surface area contributed by atoms with Crippen LogP contribution in [0.1, 0.15) is 41.2 Å². The number of ether oxygens (including phenoxy) is 1. The molecular formula is C18H22N4O2. The van der Waals surface area contributed by atoms with Crippen molar-refractivity contribution in [2.75, 3.05) is 19.7 Å². The Morgan fingerprint density at radius 1 is 1.38 bits per heavy atom. The van der Waals surface area contributed by atoms with E-state index in [1.165, 1.54) is 11.1 Å². The van der Waals surface area contributed by atoms with E-state index in [1.54, 1.807) is 0 Å². The quantitative estimate of drug-likeness (QED) is 0.938. The first-order chi connectivity index (χ1) is 11.6. The monoisotopic (exact) mass is 326 g/mol. The van der Waals surface area contributed by atoms with E-state index in [2.05, 4.69) is 46.4 Å². The van der Waals surface area contributed by atoms with Gasteiger partial charge in [-0.3, -0.25) is 9.89 Å². The van der Waals surface area contributed by atoms with Gasteiger partial charge in [0.2, 0.25) is 5.91 Å². The normalized spacial score (nSPS) is 26.4. The molecule has 4 rings (SSSR count). The fraction of sp³-hybridized carbons (Fsp3) is 0.500. The summed E-state index contributed by atoms with van der Waals surface area (Å²) in [6, 6.07) is 8.48. The van der Waals surface area contributed by atoms with Gasteiger partial charge in [-0.15, -0.1) is 0 Å². The van der Waals surface area contributed by atoms with E-state index in [9.17, 15) is 4.79 Å². The van der Waals surface area contributed by atoms with Crippen molar-refractivity contribution in [3.63, 3.8) is 0 Å². The molecule has 2 heterocycles. The van der Waals surface area contributed by atoms with Gasteiger partial charge in [0.25, 0.3) is 0 Å². The maximum atomic E-state index is 12.8. The summed E-state index contributed by atoms with van der Waals surface area (Å²) in [7, 11) is 0. The Morgan fingerprint density at radius 2 is 2.25 bits per heavy atom. The average Bonchev–Trinajstić information content (AvgIpc) is 3.28. The third kappa shape index (κ3) is 2.94. The predicted molar refractivity (Wildman–Crippen MR) is 88.4 cm³/mol. The van der Waals surface area contributed by atoms with Gasteiger partial charge in [0.05, 0.1) is 13.2 Å². The average molecular weight is 326 g/mol. The van der Waals surface area contributed by atoms with E-state index in [-0.39, 0.29) is 17.9 Å². The lowest BCUT2D eigenvalue weighted by Gasteiger charge is -2.32. The van der Waals surface area contributed by atoms with E-state index in [0.717, 1.165) is 12.2 Å². The molecule has 1 amide bonds. The number of nitrogens with zero attached hydrogens (tertiary/aromatic N) is 3. The molecule has 3 atom stereocenters. The van der Waals surface area contributed by atoms with Crippen LogP contribution in [-0.4, -0.2) is 45.7 Å². The summed E-state index contributed by atoms with van der Waals surface area (Å²) in [4.78, 5) is 19.1. The van der Waals surface area contributed by atoms with Crippen molar-refractivity contribution in [3.05, 3.63) is 47.0 Å². The lowest BCUT2D eigenvalue weighted by Crippen LogP contribution is -2.43. The molecule has 1 aliphatic carbocycles. The molecule has 6 nitrogen and oxygen atoms in total. The van der Waals surface area contributed by atoms with Crippen LogP contribution >= 0.6 is 0 Å². The Labute approximate surface area is 141 Å². The van der Waals surface area contributed by atoms with Gasteiger partial charge in [0, 0.05) is 12.5 Å². The van der Waals surface area contributed by atoms with E-state index in [4.69, 9.17) is 4.74 Å². The molecule has 0 radical (unpaired) electrons. The number of nitrogens with one attached hydrogen (secondary N) is 1. The van der Waals surface area contributed by atoms with Gasteiger partial charge >= 0.3 is 0 Å². The van der Waals surface area contributed by atoms with Crippen LogP contribution in [0.15, 0.2) is 24.3 Å². The second-order valence-corrected chi connectivity index (χ2v) is 6.79. The minimum absolute atomic E-state index is 0.111. The number of aromatic nitrogens is 3. The largest absolute Gasteiger partial charge is 0.366 e. The Morgan fingerprint density at radius 3 is 3.00 bits per heavy atom. The molecule has 2 fully saturated rings. The van der Waals surface area contributed by atoms with Gasteiger partial charge in [0.1, 0.15) is 11.9 Å². The molecule has 126 valence electrons. The van der Waals surface area contributed by atoms with Gasteiger partial charge in [-0.05, 0) is 31.7 Å². The molecule has 2 aromatic rings. The number of hydrogen-bond acceptors (Lipinski definition) is 4. The fourth-order valence-corrected chi connectivity index (χ4v) is 3.48. The van der Waals surface area contributed by atoms with Crippen LogP contribution in [-0.2, 0) is 9.53 Å². The summed E-state index contributed by atoms with van der Waals surface area (Å²) < 4.78 is 5.75. The summed E-state index contributed by atoms with van der Waals surface area (Å²) in [6.07, 6.45) is 0.716. The van der Waals surface area contributed by atoms with Crippen molar-refractivity contribution < 1.29 is 9.53 Å². The number of morpholine rings is 1. The van der Waals surface area contributed by atoms with Crippen LogP contribution in [0.2, 0.25) is 0 Å². The molecule has 0 unspecified atom stereocenters. The maximum absolute atomic E-state index is 12.8. The lowest BCUT2D eigenvalue weighted by atomic mass is 10.1. The van der Waals surface area contributed by atoms with Crippen LogP contribution in [0.3, 0.4) is 0 Å². The Kier molecular flexibility index (Phi) is 3.84. The SMILES string of the molecule is Cc1cccc([C@@H]2C[C@@H]2C(=O)N2CCO[C@@H](c3n[nH]c(C)n3)C2)c1. The summed E-state index contributed by atoms with van der Waals surface area (Å²) >= 11 is 0. The summed E-state index contributed by atoms with van der Waals surface area (Å²) in [5.41, 5.74) is 2.53. The second kappa shape index (κ2) is 6.02. The zero-order valence-electron chi connectivity index (χ0n) is 14.0. The molecule has 2 aliphatic rings. The second-order valence-electron chi connectivity index (χ2n) is 6.79. The summed E-state index contributed by atoms with van der Waals surface area (Å²) in [6.45, 7) is 5.67. The molecule has 1 N–H and O–H groups in total. The number of aromatic amines is 1. The smallest absolute Gasteiger partial charge is 0.226 e. The van der Waals surface area contributed by atoms with Crippen LogP contribution in [0.4, 0.5) is 0 Å². The molecule has 1 saturated carbocycles. The highest BCUT2D eigenvalue weighted by atomic mass is 16.5. The molecule has 24 heavy (non-hydrogen) atoms. The highest BCUT2D eigenvalue weighted by Gasteiger charge is 2.46. The third-order valence-electron chi connectivity index (χ3n) is 4.86. The number of hydrogen-bond donors (Lipinski definition) is 1. The van der Waals surface area contributed by atoms with Crippen molar-refractivity contribution in [2.24, 2.45) is 5.92 Å². The topological polar surface area (TPSA) is 71.1 Å². The number of rotatable bonds is 3. The van der Waals surface area contributed by atoms with E-state index >= 15 is 0 Å². The third-order valence-corrected chi connectivity index (χ3v) is 4.86. The van der Waals surface area contributed by atoms with Crippen LogP contribution in [0.25, 0.3) is 0 Å². The van der Waals surface area contributed by atoms with Crippen molar-refractivity contribution in [1.82, 2.24) is 20.1 Å². The molecule has 0 spiro atoms. The van der Waals surface area contributed by atoms with Crippen molar-refractivity contribution >= 4 is 5.91 Å². The molecule has 0 bridgehead atoms. The minimum Gasteiger partial charge on any atom is -0.366 e. The molecule has 1 aromatic heterocycles. The van der Waals surface area contributed by atoms with Crippen molar-refractivity contribution in [3.8, 4) is 0 Å². The lowest BCUT2D eigenvalue weighted by molar-refractivity contribution is -0.140. The Balaban J connectivity index is 1.42. The van der Waals surface area contributed by atoms with E-state index in [0.29, 0.717) is 31.4 Å². The number of carbonyl (C=O) groups excluding carboxylic acids is 1. The molecule has 1 saturated heterocycles. The van der Waals surface area contributed by atoms with Crippen molar-refractivity contribution in [1.29, 1.82) is 0 Å². The first kappa shape index (κ1) is 15.3. The van der Waals surface area contributed by atoms with E-state index < -0.39 is 0 Å². The van der Waals surface area contributed by atoms with Crippen LogP contribution < -0.4 is 0 Å².